The van der Waals surface area contributed by atoms with Gasteiger partial charge in [-0.3, -0.25) is 14.8 Å². The van der Waals surface area contributed by atoms with Gasteiger partial charge in [0, 0.05) is 62.7 Å². The van der Waals surface area contributed by atoms with E-state index in [0.717, 1.165) is 25.9 Å². The highest BCUT2D eigenvalue weighted by Crippen LogP contribution is 2.24. The Morgan fingerprint density at radius 2 is 1.96 bits per heavy atom. The largest absolute Gasteiger partial charge is 0.378 e. The van der Waals surface area contributed by atoms with Gasteiger partial charge in [-0.15, -0.1) is 0 Å². The molecule has 6 nitrogen and oxygen atoms in total. The summed E-state index contributed by atoms with van der Waals surface area (Å²) < 4.78 is 0. The lowest BCUT2D eigenvalue weighted by molar-refractivity contribution is -0.139. The number of nitrogens with zero attached hydrogens (tertiary/aromatic N) is 4. The van der Waals surface area contributed by atoms with E-state index in [1.807, 2.05) is 24.5 Å². The molecule has 1 N–H and O–H groups in total. The van der Waals surface area contributed by atoms with Gasteiger partial charge in [0.15, 0.2) is 6.10 Å². The van der Waals surface area contributed by atoms with E-state index in [2.05, 4.69) is 14.9 Å². The molecule has 3 rings (SSSR count). The van der Waals surface area contributed by atoms with Gasteiger partial charge in [-0.2, -0.15) is 0 Å². The van der Waals surface area contributed by atoms with Crippen molar-refractivity contribution in [1.82, 2.24) is 14.9 Å². The number of rotatable bonds is 5. The highest BCUT2D eigenvalue weighted by molar-refractivity contribution is 5.81. The molecule has 1 saturated heterocycles. The van der Waals surface area contributed by atoms with Gasteiger partial charge < -0.3 is 14.9 Å². The monoisotopic (exact) mass is 340 g/mol. The maximum Gasteiger partial charge on any atom is 0.255 e. The highest BCUT2D eigenvalue weighted by Gasteiger charge is 2.26. The number of aromatic nitrogens is 2. The van der Waals surface area contributed by atoms with Crippen molar-refractivity contribution in [2.45, 2.75) is 18.9 Å². The number of likely N-dealkylation sites (N-methyl/N-ethyl adjacent to an activating group) is 1. The van der Waals surface area contributed by atoms with Crippen LogP contribution in [0, 0.1) is 5.92 Å². The molecular formula is C19H24N4O2. The summed E-state index contributed by atoms with van der Waals surface area (Å²) >= 11 is 0. The second-order valence-electron chi connectivity index (χ2n) is 6.54. The van der Waals surface area contributed by atoms with Crippen molar-refractivity contribution in [3.05, 3.63) is 54.6 Å². The average molecular weight is 340 g/mol. The summed E-state index contributed by atoms with van der Waals surface area (Å²) in [5, 5.41) is 10.2. The van der Waals surface area contributed by atoms with Gasteiger partial charge in [0.2, 0.25) is 0 Å². The van der Waals surface area contributed by atoms with Gasteiger partial charge in [0.1, 0.15) is 0 Å². The molecule has 1 aliphatic heterocycles. The fraction of sp³-hybridized carbons (Fsp3) is 0.421. The molecule has 0 radical (unpaired) electrons. The molecule has 0 aliphatic carbocycles. The first-order valence-corrected chi connectivity index (χ1v) is 8.63. The number of amides is 1. The molecule has 1 fully saturated rings. The maximum atomic E-state index is 12.4. The minimum absolute atomic E-state index is 0.274. The number of carbonyl (C=O) groups excluding carboxylic acids is 1. The zero-order chi connectivity index (χ0) is 17.6. The van der Waals surface area contributed by atoms with Crippen LogP contribution < -0.4 is 4.90 Å². The maximum absolute atomic E-state index is 12.4. The molecular weight excluding hydrogens is 316 g/mol. The minimum Gasteiger partial charge on any atom is -0.378 e. The van der Waals surface area contributed by atoms with E-state index in [4.69, 9.17) is 0 Å². The van der Waals surface area contributed by atoms with Crippen LogP contribution in [0.15, 0.2) is 49.1 Å². The van der Waals surface area contributed by atoms with Crippen molar-refractivity contribution in [1.29, 1.82) is 0 Å². The molecule has 25 heavy (non-hydrogen) atoms. The van der Waals surface area contributed by atoms with E-state index < -0.39 is 6.10 Å². The lowest BCUT2D eigenvalue weighted by Crippen LogP contribution is -2.40. The molecule has 0 saturated carbocycles. The lowest BCUT2D eigenvalue weighted by atomic mass is 9.95. The number of carbonyl (C=O) groups is 1. The first kappa shape index (κ1) is 17.4. The van der Waals surface area contributed by atoms with Crippen LogP contribution in [0.1, 0.15) is 24.5 Å². The van der Waals surface area contributed by atoms with Crippen LogP contribution in [-0.4, -0.2) is 52.6 Å². The molecule has 2 aromatic heterocycles. The average Bonchev–Trinajstić information content (AvgIpc) is 2.68. The standard InChI is InChI=1S/C19H24N4O2/c1-22(19(25)18(24)16-3-2-8-21-13-16)14-15-6-11-23(12-7-15)17-4-9-20-10-5-17/h2-5,8-10,13,15,18,24H,6-7,11-12,14H2,1H3. The van der Waals surface area contributed by atoms with E-state index in [-0.39, 0.29) is 5.91 Å². The normalized spacial score (nSPS) is 16.5. The van der Waals surface area contributed by atoms with Gasteiger partial charge in [-0.25, -0.2) is 0 Å². The molecule has 1 amide bonds. The van der Waals surface area contributed by atoms with Gasteiger partial charge in [0.25, 0.3) is 5.91 Å². The number of aliphatic hydroxyl groups is 1. The molecule has 1 atom stereocenters. The Hall–Kier alpha value is -2.47. The summed E-state index contributed by atoms with van der Waals surface area (Å²) in [5.74, 6) is 0.178. The Balaban J connectivity index is 1.50. The van der Waals surface area contributed by atoms with Crippen molar-refractivity contribution < 1.29 is 9.90 Å². The predicted molar refractivity (Wildman–Crippen MR) is 96.0 cm³/mol. The molecule has 0 aromatic carbocycles. The minimum atomic E-state index is -1.14. The number of pyridine rings is 2. The molecule has 2 aromatic rings. The molecule has 0 spiro atoms. The molecule has 1 aliphatic rings. The number of aliphatic hydroxyl groups excluding tert-OH is 1. The zero-order valence-electron chi connectivity index (χ0n) is 14.5. The Morgan fingerprint density at radius 1 is 1.24 bits per heavy atom. The Morgan fingerprint density at radius 3 is 2.60 bits per heavy atom. The SMILES string of the molecule is CN(CC1CCN(c2ccncc2)CC1)C(=O)C(O)c1cccnc1. The van der Waals surface area contributed by atoms with Crippen molar-refractivity contribution in [3.8, 4) is 0 Å². The van der Waals surface area contributed by atoms with Crippen LogP contribution in [0.25, 0.3) is 0 Å². The zero-order valence-corrected chi connectivity index (χ0v) is 14.5. The van der Waals surface area contributed by atoms with Gasteiger partial charge >= 0.3 is 0 Å². The van der Waals surface area contributed by atoms with Crippen LogP contribution in [0.3, 0.4) is 0 Å². The molecule has 1 unspecified atom stereocenters. The van der Waals surface area contributed by atoms with Gasteiger partial charge in [-0.05, 0) is 37.0 Å². The third kappa shape index (κ3) is 4.33. The summed E-state index contributed by atoms with van der Waals surface area (Å²) in [5.41, 5.74) is 1.73. The van der Waals surface area contributed by atoms with Crippen LogP contribution >= 0.6 is 0 Å². The molecule has 6 heteroatoms. The summed E-state index contributed by atoms with van der Waals surface area (Å²) in [4.78, 5) is 24.4. The fourth-order valence-corrected chi connectivity index (χ4v) is 3.29. The van der Waals surface area contributed by atoms with Crippen molar-refractivity contribution in [3.63, 3.8) is 0 Å². The smallest absolute Gasteiger partial charge is 0.255 e. The second kappa shape index (κ2) is 8.07. The van der Waals surface area contributed by atoms with Crippen molar-refractivity contribution in [2.75, 3.05) is 31.6 Å². The van der Waals surface area contributed by atoms with Crippen molar-refractivity contribution >= 4 is 11.6 Å². The summed E-state index contributed by atoms with van der Waals surface area (Å²) in [6, 6.07) is 7.50. The third-order valence-electron chi connectivity index (χ3n) is 4.78. The highest BCUT2D eigenvalue weighted by atomic mass is 16.3. The summed E-state index contributed by atoms with van der Waals surface area (Å²) in [7, 11) is 1.76. The number of hydrogen-bond acceptors (Lipinski definition) is 5. The van der Waals surface area contributed by atoms with Crippen LogP contribution in [-0.2, 0) is 4.79 Å². The van der Waals surface area contributed by atoms with Gasteiger partial charge in [0.05, 0.1) is 0 Å². The summed E-state index contributed by atoms with van der Waals surface area (Å²) in [6.45, 7) is 2.62. The number of hydrogen-bond donors (Lipinski definition) is 1. The fourth-order valence-electron chi connectivity index (χ4n) is 3.29. The van der Waals surface area contributed by atoms with Crippen LogP contribution in [0.2, 0.25) is 0 Å². The quantitative estimate of drug-likeness (QED) is 0.900. The van der Waals surface area contributed by atoms with Gasteiger partial charge in [-0.1, -0.05) is 6.07 Å². The van der Waals surface area contributed by atoms with E-state index in [0.29, 0.717) is 18.0 Å². The summed E-state index contributed by atoms with van der Waals surface area (Å²) in [6.07, 6.45) is 7.70. The molecule has 132 valence electrons. The van der Waals surface area contributed by atoms with E-state index in [1.165, 1.54) is 11.9 Å². The number of piperidine rings is 1. The topological polar surface area (TPSA) is 69.6 Å². The first-order valence-electron chi connectivity index (χ1n) is 8.63. The van der Waals surface area contributed by atoms with Crippen LogP contribution in [0.4, 0.5) is 5.69 Å². The second-order valence-corrected chi connectivity index (χ2v) is 6.54. The Bertz CT molecular complexity index is 672. The third-order valence-corrected chi connectivity index (χ3v) is 4.78. The molecule has 3 heterocycles. The van der Waals surface area contributed by atoms with Crippen molar-refractivity contribution in [2.24, 2.45) is 5.92 Å². The number of anilines is 1. The Kier molecular flexibility index (Phi) is 5.60. The first-order chi connectivity index (χ1) is 12.1. The molecule has 0 bridgehead atoms. The Labute approximate surface area is 148 Å². The predicted octanol–water partition coefficient (Wildman–Crippen LogP) is 1.89. The lowest BCUT2D eigenvalue weighted by Gasteiger charge is -2.35. The van der Waals surface area contributed by atoms with E-state index in [9.17, 15) is 9.90 Å². The van der Waals surface area contributed by atoms with E-state index >= 15 is 0 Å². The van der Waals surface area contributed by atoms with Crippen LogP contribution in [0.5, 0.6) is 0 Å². The van der Waals surface area contributed by atoms with E-state index in [1.54, 1.807) is 30.3 Å².